The molecule has 1 aromatic carbocycles. The maximum atomic E-state index is 6.00. The number of nitrogens with zero attached hydrogens (tertiary/aromatic N) is 2. The Morgan fingerprint density at radius 3 is 2.90 bits per heavy atom. The van der Waals surface area contributed by atoms with Crippen molar-refractivity contribution in [3.8, 4) is 5.75 Å². The molecule has 0 aliphatic rings. The number of hydrogen-bond donors (Lipinski definition) is 1. The van der Waals surface area contributed by atoms with Gasteiger partial charge in [0.15, 0.2) is 0 Å². The van der Waals surface area contributed by atoms with E-state index < -0.39 is 0 Å². The molecule has 0 fully saturated rings. The van der Waals surface area contributed by atoms with Crippen LogP contribution in [0.3, 0.4) is 0 Å². The maximum Gasteiger partial charge on any atom is 0.127 e. The predicted octanol–water partition coefficient (Wildman–Crippen LogP) is 2.04. The Morgan fingerprint density at radius 1 is 1.33 bits per heavy atom. The molecule has 5 nitrogen and oxygen atoms in total. The first-order chi connectivity index (χ1) is 10.2. The third kappa shape index (κ3) is 4.58. The van der Waals surface area contributed by atoms with Crippen LogP contribution in [0.4, 0.5) is 0 Å². The number of rotatable bonds is 8. The summed E-state index contributed by atoms with van der Waals surface area (Å²) in [6.45, 7) is 4.90. The van der Waals surface area contributed by atoms with Crippen LogP contribution in [0.1, 0.15) is 16.7 Å². The first-order valence-electron chi connectivity index (χ1n) is 7.09. The van der Waals surface area contributed by atoms with Crippen molar-refractivity contribution in [1.82, 2.24) is 15.1 Å². The van der Waals surface area contributed by atoms with Crippen molar-refractivity contribution in [3.63, 3.8) is 0 Å². The smallest absolute Gasteiger partial charge is 0.127 e. The summed E-state index contributed by atoms with van der Waals surface area (Å²) in [5.41, 5.74) is 3.37. The topological polar surface area (TPSA) is 48.3 Å². The summed E-state index contributed by atoms with van der Waals surface area (Å²) in [5, 5.41) is 7.51. The number of aromatic nitrogens is 2. The van der Waals surface area contributed by atoms with E-state index >= 15 is 0 Å². The van der Waals surface area contributed by atoms with Gasteiger partial charge in [-0.25, -0.2) is 0 Å². The number of hydrogen-bond acceptors (Lipinski definition) is 4. The minimum Gasteiger partial charge on any atom is -0.488 e. The van der Waals surface area contributed by atoms with E-state index in [2.05, 4.69) is 35.5 Å². The molecule has 114 valence electrons. The van der Waals surface area contributed by atoms with Crippen LogP contribution in [-0.4, -0.2) is 30.0 Å². The molecule has 0 saturated carbocycles. The highest BCUT2D eigenvalue weighted by atomic mass is 16.5. The number of para-hydroxylation sites is 1. The van der Waals surface area contributed by atoms with Gasteiger partial charge in [-0.2, -0.15) is 5.10 Å². The summed E-state index contributed by atoms with van der Waals surface area (Å²) in [5.74, 6) is 0.950. The van der Waals surface area contributed by atoms with Gasteiger partial charge < -0.3 is 14.8 Å². The molecule has 1 heterocycles. The number of benzene rings is 1. The van der Waals surface area contributed by atoms with Crippen LogP contribution in [0.25, 0.3) is 0 Å². The Bertz CT molecular complexity index is 566. The highest BCUT2D eigenvalue weighted by Crippen LogP contribution is 2.24. The van der Waals surface area contributed by atoms with Gasteiger partial charge in [0.2, 0.25) is 0 Å². The molecule has 0 aliphatic heterocycles. The number of methoxy groups -OCH3 is 1. The molecule has 0 atom stereocenters. The van der Waals surface area contributed by atoms with Crippen molar-refractivity contribution in [2.75, 3.05) is 20.3 Å². The molecule has 0 amide bonds. The summed E-state index contributed by atoms with van der Waals surface area (Å²) in [4.78, 5) is 0. The first-order valence-corrected chi connectivity index (χ1v) is 7.09. The molecule has 0 bridgehead atoms. The Morgan fingerprint density at radius 2 is 2.19 bits per heavy atom. The van der Waals surface area contributed by atoms with Crippen LogP contribution >= 0.6 is 0 Å². The monoisotopic (exact) mass is 289 g/mol. The second kappa shape index (κ2) is 7.81. The molecule has 2 aromatic rings. The van der Waals surface area contributed by atoms with Crippen LogP contribution in [0, 0.1) is 6.92 Å². The van der Waals surface area contributed by atoms with Gasteiger partial charge in [0.1, 0.15) is 12.4 Å². The van der Waals surface area contributed by atoms with Crippen LogP contribution in [0.2, 0.25) is 0 Å². The minimum atomic E-state index is 0.532. The van der Waals surface area contributed by atoms with Gasteiger partial charge in [0.05, 0.1) is 12.8 Å². The first kappa shape index (κ1) is 15.5. The van der Waals surface area contributed by atoms with Crippen molar-refractivity contribution in [1.29, 1.82) is 0 Å². The normalized spacial score (nSPS) is 10.8. The molecule has 0 aliphatic carbocycles. The number of aryl methyl sites for hydroxylation is 2. The fourth-order valence-electron chi connectivity index (χ4n) is 2.16. The molecule has 21 heavy (non-hydrogen) atoms. The predicted molar refractivity (Wildman–Crippen MR) is 82.3 cm³/mol. The summed E-state index contributed by atoms with van der Waals surface area (Å²) >= 11 is 0. The fourth-order valence-corrected chi connectivity index (χ4v) is 2.16. The van der Waals surface area contributed by atoms with Gasteiger partial charge in [-0.05, 0) is 12.5 Å². The zero-order valence-corrected chi connectivity index (χ0v) is 12.9. The fraction of sp³-hybridized carbons (Fsp3) is 0.438. The highest BCUT2D eigenvalue weighted by molar-refractivity contribution is 5.40. The Balaban J connectivity index is 1.99. The highest BCUT2D eigenvalue weighted by Gasteiger charge is 2.07. The van der Waals surface area contributed by atoms with Crippen LogP contribution < -0.4 is 10.1 Å². The summed E-state index contributed by atoms with van der Waals surface area (Å²) in [6, 6.07) is 6.21. The Hall–Kier alpha value is -1.85. The van der Waals surface area contributed by atoms with E-state index in [-0.39, 0.29) is 0 Å². The molecule has 0 spiro atoms. The van der Waals surface area contributed by atoms with Gasteiger partial charge in [-0.1, -0.05) is 18.2 Å². The molecular weight excluding hydrogens is 266 g/mol. The molecular formula is C16H23N3O2. The summed E-state index contributed by atoms with van der Waals surface area (Å²) < 4.78 is 12.8. The zero-order chi connectivity index (χ0) is 15.1. The molecule has 2 rings (SSSR count). The molecule has 0 radical (unpaired) electrons. The molecule has 5 heteroatoms. The number of ether oxygens (including phenoxy) is 2. The van der Waals surface area contributed by atoms with E-state index in [0.29, 0.717) is 13.2 Å². The molecule has 0 saturated heterocycles. The molecule has 1 N–H and O–H groups in total. The van der Waals surface area contributed by atoms with E-state index in [1.807, 2.05) is 19.4 Å². The summed E-state index contributed by atoms with van der Waals surface area (Å²) in [7, 11) is 3.61. The average molecular weight is 289 g/mol. The van der Waals surface area contributed by atoms with E-state index in [9.17, 15) is 0 Å². The number of nitrogens with one attached hydrogen (secondary N) is 1. The molecule has 1 aromatic heterocycles. The molecule has 0 unspecified atom stereocenters. The lowest BCUT2D eigenvalue weighted by atomic mass is 10.1. The van der Waals surface area contributed by atoms with E-state index in [4.69, 9.17) is 9.47 Å². The van der Waals surface area contributed by atoms with E-state index in [0.717, 1.165) is 35.5 Å². The van der Waals surface area contributed by atoms with Crippen LogP contribution in [0.5, 0.6) is 5.75 Å². The van der Waals surface area contributed by atoms with Gasteiger partial charge in [0.25, 0.3) is 0 Å². The van der Waals surface area contributed by atoms with Gasteiger partial charge in [0, 0.05) is 44.6 Å². The van der Waals surface area contributed by atoms with Crippen molar-refractivity contribution in [2.24, 2.45) is 7.05 Å². The standard InChI is InChI=1S/C16H23N3O2/c1-13-5-4-6-15(10-17-7-8-20-3)16(13)21-12-14-9-18-19(2)11-14/h4-6,9,11,17H,7-8,10,12H2,1-3H3. The average Bonchev–Trinajstić information content (AvgIpc) is 2.88. The zero-order valence-electron chi connectivity index (χ0n) is 12.9. The third-order valence-corrected chi connectivity index (χ3v) is 3.23. The van der Waals surface area contributed by atoms with Crippen molar-refractivity contribution >= 4 is 0 Å². The second-order valence-corrected chi connectivity index (χ2v) is 5.04. The third-order valence-electron chi connectivity index (χ3n) is 3.23. The second-order valence-electron chi connectivity index (χ2n) is 5.04. The van der Waals surface area contributed by atoms with Crippen molar-refractivity contribution < 1.29 is 9.47 Å². The lowest BCUT2D eigenvalue weighted by Crippen LogP contribution is -2.19. The van der Waals surface area contributed by atoms with Crippen molar-refractivity contribution in [3.05, 3.63) is 47.3 Å². The quantitative estimate of drug-likeness (QED) is 0.756. The van der Waals surface area contributed by atoms with Crippen LogP contribution in [0.15, 0.2) is 30.6 Å². The summed E-state index contributed by atoms with van der Waals surface area (Å²) in [6.07, 6.45) is 3.80. The lowest BCUT2D eigenvalue weighted by molar-refractivity contribution is 0.199. The minimum absolute atomic E-state index is 0.532. The Labute approximate surface area is 125 Å². The van der Waals surface area contributed by atoms with E-state index in [1.54, 1.807) is 11.8 Å². The Kier molecular flexibility index (Phi) is 5.78. The van der Waals surface area contributed by atoms with Crippen molar-refractivity contribution in [2.45, 2.75) is 20.1 Å². The van der Waals surface area contributed by atoms with Gasteiger partial charge >= 0.3 is 0 Å². The largest absolute Gasteiger partial charge is 0.488 e. The van der Waals surface area contributed by atoms with Crippen LogP contribution in [-0.2, 0) is 24.9 Å². The maximum absolute atomic E-state index is 6.00. The van der Waals surface area contributed by atoms with E-state index in [1.165, 1.54) is 0 Å². The SMILES string of the molecule is COCCNCc1cccc(C)c1OCc1cnn(C)c1. The lowest BCUT2D eigenvalue weighted by Gasteiger charge is -2.14. The van der Waals surface area contributed by atoms with Gasteiger partial charge in [-0.15, -0.1) is 0 Å². The van der Waals surface area contributed by atoms with Gasteiger partial charge in [-0.3, -0.25) is 4.68 Å².